The summed E-state index contributed by atoms with van der Waals surface area (Å²) >= 11 is 0. The van der Waals surface area contributed by atoms with Crippen LogP contribution in [0.25, 0.3) is 0 Å². The molecule has 0 bridgehead atoms. The van der Waals surface area contributed by atoms with E-state index in [4.69, 9.17) is 4.98 Å². The molecule has 5 nitrogen and oxygen atoms in total. The lowest BCUT2D eigenvalue weighted by Crippen LogP contribution is -2.54. The van der Waals surface area contributed by atoms with Gasteiger partial charge in [-0.1, -0.05) is 13.8 Å². The first-order valence-electron chi connectivity index (χ1n) is 9.31. The van der Waals surface area contributed by atoms with Crippen LogP contribution in [0.5, 0.6) is 0 Å². The van der Waals surface area contributed by atoms with E-state index in [1.54, 1.807) is 0 Å². The fourth-order valence-electron chi connectivity index (χ4n) is 4.16. The molecule has 1 aromatic rings. The number of nitrogens with zero attached hydrogens (tertiary/aromatic N) is 4. The van der Waals surface area contributed by atoms with Crippen molar-refractivity contribution in [2.75, 3.05) is 31.1 Å². The average molecular weight is 330 g/mol. The summed E-state index contributed by atoms with van der Waals surface area (Å²) in [4.78, 5) is 25.8. The number of likely N-dealkylation sites (tertiary alicyclic amines) is 1. The third-order valence-electron chi connectivity index (χ3n) is 5.55. The predicted octanol–water partition coefficient (Wildman–Crippen LogP) is 3.14. The van der Waals surface area contributed by atoms with Crippen molar-refractivity contribution in [3.05, 3.63) is 17.6 Å². The lowest BCUT2D eigenvalue weighted by Gasteiger charge is -2.48. The number of hydrogen-bond donors (Lipinski definition) is 0. The maximum atomic E-state index is 12.1. The van der Waals surface area contributed by atoms with Crippen LogP contribution in [0.4, 0.5) is 5.82 Å². The molecule has 1 unspecified atom stereocenters. The van der Waals surface area contributed by atoms with Gasteiger partial charge in [0.2, 0.25) is 5.91 Å². The molecular formula is C19H30N4O. The highest BCUT2D eigenvalue weighted by atomic mass is 16.2. The van der Waals surface area contributed by atoms with Gasteiger partial charge in [0, 0.05) is 49.8 Å². The molecule has 0 radical (unpaired) electrons. The van der Waals surface area contributed by atoms with Crippen LogP contribution in [0.1, 0.15) is 63.9 Å². The van der Waals surface area contributed by atoms with Crippen LogP contribution in [0.2, 0.25) is 0 Å². The molecule has 5 heteroatoms. The molecule has 1 atom stereocenters. The van der Waals surface area contributed by atoms with Gasteiger partial charge in [-0.3, -0.25) is 4.79 Å². The van der Waals surface area contributed by atoms with Crippen molar-refractivity contribution in [1.82, 2.24) is 14.9 Å². The Hall–Kier alpha value is -1.65. The summed E-state index contributed by atoms with van der Waals surface area (Å²) in [5, 5.41) is 0. The van der Waals surface area contributed by atoms with Crippen molar-refractivity contribution in [3.8, 4) is 0 Å². The van der Waals surface area contributed by atoms with Gasteiger partial charge in [0.15, 0.2) is 0 Å². The van der Waals surface area contributed by atoms with Crippen molar-refractivity contribution in [2.45, 2.75) is 59.3 Å². The third kappa shape index (κ3) is 3.40. The fourth-order valence-corrected chi connectivity index (χ4v) is 4.16. The predicted molar refractivity (Wildman–Crippen MR) is 96.2 cm³/mol. The van der Waals surface area contributed by atoms with Gasteiger partial charge in [0.05, 0.1) is 0 Å². The standard InChI is InChI=1S/C19H30N4O/c1-5-22-12-19(9-7-18(22)24)8-6-10-23(13-19)17-11-16(14(2)3)20-15(4)21-17/h11,14H,5-10,12-13H2,1-4H3. The maximum absolute atomic E-state index is 12.1. The number of carbonyl (C=O) groups excluding carboxylic acids is 1. The van der Waals surface area contributed by atoms with E-state index in [0.717, 1.165) is 49.9 Å². The number of anilines is 1. The van der Waals surface area contributed by atoms with Crippen molar-refractivity contribution in [1.29, 1.82) is 0 Å². The van der Waals surface area contributed by atoms with Crippen molar-refractivity contribution in [3.63, 3.8) is 0 Å². The fraction of sp³-hybridized carbons (Fsp3) is 0.737. The number of amides is 1. The number of aromatic nitrogens is 2. The molecule has 3 rings (SSSR count). The Bertz CT molecular complexity index is 615. The van der Waals surface area contributed by atoms with Gasteiger partial charge >= 0.3 is 0 Å². The summed E-state index contributed by atoms with van der Waals surface area (Å²) in [6.45, 7) is 12.2. The Labute approximate surface area is 145 Å². The van der Waals surface area contributed by atoms with Gasteiger partial charge in [-0.05, 0) is 39.0 Å². The Morgan fingerprint density at radius 2 is 2.04 bits per heavy atom. The van der Waals surface area contributed by atoms with E-state index in [-0.39, 0.29) is 5.41 Å². The largest absolute Gasteiger partial charge is 0.356 e. The lowest BCUT2D eigenvalue weighted by molar-refractivity contribution is -0.137. The number of piperidine rings is 2. The molecule has 2 saturated heterocycles. The minimum Gasteiger partial charge on any atom is -0.356 e. The van der Waals surface area contributed by atoms with E-state index >= 15 is 0 Å². The van der Waals surface area contributed by atoms with Crippen LogP contribution >= 0.6 is 0 Å². The molecule has 0 aromatic carbocycles. The average Bonchev–Trinajstić information content (AvgIpc) is 2.57. The topological polar surface area (TPSA) is 49.3 Å². The Morgan fingerprint density at radius 1 is 1.25 bits per heavy atom. The molecule has 2 fully saturated rings. The second kappa shape index (κ2) is 6.69. The molecule has 2 aliphatic rings. The monoisotopic (exact) mass is 330 g/mol. The molecule has 0 aliphatic carbocycles. The second-order valence-electron chi connectivity index (χ2n) is 7.79. The van der Waals surface area contributed by atoms with Gasteiger partial charge in [-0.15, -0.1) is 0 Å². The minimum absolute atomic E-state index is 0.235. The Kier molecular flexibility index (Phi) is 4.79. The lowest BCUT2D eigenvalue weighted by atomic mass is 9.73. The highest BCUT2D eigenvalue weighted by Crippen LogP contribution is 2.40. The smallest absolute Gasteiger partial charge is 0.222 e. The molecule has 132 valence electrons. The summed E-state index contributed by atoms with van der Waals surface area (Å²) in [6, 6.07) is 2.16. The minimum atomic E-state index is 0.235. The third-order valence-corrected chi connectivity index (χ3v) is 5.55. The zero-order valence-corrected chi connectivity index (χ0v) is 15.5. The molecule has 1 aromatic heterocycles. The van der Waals surface area contributed by atoms with Gasteiger partial charge in [-0.25, -0.2) is 9.97 Å². The molecule has 1 amide bonds. The van der Waals surface area contributed by atoms with E-state index in [9.17, 15) is 4.79 Å². The van der Waals surface area contributed by atoms with Crippen LogP contribution in [0.3, 0.4) is 0 Å². The number of rotatable bonds is 3. The van der Waals surface area contributed by atoms with Gasteiger partial charge < -0.3 is 9.80 Å². The van der Waals surface area contributed by atoms with Gasteiger partial charge in [-0.2, -0.15) is 0 Å². The highest BCUT2D eigenvalue weighted by molar-refractivity contribution is 5.77. The molecule has 0 N–H and O–H groups in total. The number of carbonyl (C=O) groups is 1. The molecular weight excluding hydrogens is 300 g/mol. The van der Waals surface area contributed by atoms with Crippen LogP contribution in [-0.2, 0) is 4.79 Å². The second-order valence-corrected chi connectivity index (χ2v) is 7.79. The summed E-state index contributed by atoms with van der Waals surface area (Å²) in [5.74, 6) is 2.64. The first kappa shape index (κ1) is 17.2. The Balaban J connectivity index is 1.82. The number of aryl methyl sites for hydroxylation is 1. The van der Waals surface area contributed by atoms with Crippen molar-refractivity contribution < 1.29 is 4.79 Å². The summed E-state index contributed by atoms with van der Waals surface area (Å²) in [5.41, 5.74) is 1.35. The van der Waals surface area contributed by atoms with Crippen LogP contribution < -0.4 is 4.90 Å². The molecule has 0 saturated carbocycles. The number of hydrogen-bond acceptors (Lipinski definition) is 4. The van der Waals surface area contributed by atoms with Crippen molar-refractivity contribution in [2.24, 2.45) is 5.41 Å². The van der Waals surface area contributed by atoms with Crippen LogP contribution in [0.15, 0.2) is 6.07 Å². The summed E-state index contributed by atoms with van der Waals surface area (Å²) in [6.07, 6.45) is 4.10. The zero-order chi connectivity index (χ0) is 17.3. The van der Waals surface area contributed by atoms with Gasteiger partial charge in [0.25, 0.3) is 0 Å². The maximum Gasteiger partial charge on any atom is 0.222 e. The SMILES string of the molecule is CCN1CC2(CCCN(c3cc(C(C)C)nc(C)n3)C2)CCC1=O. The normalized spacial score (nSPS) is 25.0. The van der Waals surface area contributed by atoms with Gasteiger partial charge in [0.1, 0.15) is 11.6 Å². The van der Waals surface area contributed by atoms with E-state index in [2.05, 4.69) is 36.7 Å². The van der Waals surface area contributed by atoms with E-state index < -0.39 is 0 Å². The summed E-state index contributed by atoms with van der Waals surface area (Å²) < 4.78 is 0. The molecule has 3 heterocycles. The summed E-state index contributed by atoms with van der Waals surface area (Å²) in [7, 11) is 0. The Morgan fingerprint density at radius 3 is 2.75 bits per heavy atom. The zero-order valence-electron chi connectivity index (χ0n) is 15.5. The molecule has 24 heavy (non-hydrogen) atoms. The first-order valence-corrected chi connectivity index (χ1v) is 9.31. The first-order chi connectivity index (χ1) is 11.4. The van der Waals surface area contributed by atoms with E-state index in [0.29, 0.717) is 18.2 Å². The van der Waals surface area contributed by atoms with Crippen molar-refractivity contribution >= 4 is 11.7 Å². The van der Waals surface area contributed by atoms with E-state index in [1.807, 2.05) is 11.8 Å². The highest BCUT2D eigenvalue weighted by Gasteiger charge is 2.41. The quantitative estimate of drug-likeness (QED) is 0.854. The van der Waals surface area contributed by atoms with Crippen LogP contribution in [0, 0.1) is 12.3 Å². The van der Waals surface area contributed by atoms with E-state index in [1.165, 1.54) is 12.8 Å². The van der Waals surface area contributed by atoms with Crippen LogP contribution in [-0.4, -0.2) is 47.0 Å². The molecule has 2 aliphatic heterocycles. The molecule has 1 spiro atoms.